The van der Waals surface area contributed by atoms with Gasteiger partial charge in [0.1, 0.15) is 6.04 Å². The van der Waals surface area contributed by atoms with E-state index < -0.39 is 16.9 Å². The van der Waals surface area contributed by atoms with Crippen LogP contribution in [0, 0.1) is 23.0 Å². The molecule has 0 saturated carbocycles. The van der Waals surface area contributed by atoms with Crippen molar-refractivity contribution in [2.45, 2.75) is 32.7 Å². The molecule has 0 amide bonds. The van der Waals surface area contributed by atoms with Gasteiger partial charge in [-0.3, -0.25) is 10.1 Å². The number of anilines is 1. The second-order valence-electron chi connectivity index (χ2n) is 5.15. The van der Waals surface area contributed by atoms with Crippen molar-refractivity contribution in [1.82, 2.24) is 4.98 Å². The molecule has 2 heterocycles. The Labute approximate surface area is 116 Å². The van der Waals surface area contributed by atoms with Gasteiger partial charge in [0.05, 0.1) is 4.92 Å². The molecule has 7 nitrogen and oxygen atoms in total. The van der Waals surface area contributed by atoms with Crippen molar-refractivity contribution in [3.63, 3.8) is 0 Å². The monoisotopic (exact) mass is 279 g/mol. The highest BCUT2D eigenvalue weighted by Gasteiger charge is 2.37. The molecule has 1 aromatic rings. The summed E-state index contributed by atoms with van der Waals surface area (Å²) in [7, 11) is 0. The molecule has 1 fully saturated rings. The minimum absolute atomic E-state index is 0.0665. The Balaban J connectivity index is 2.50. The minimum Gasteiger partial charge on any atom is -0.480 e. The van der Waals surface area contributed by atoms with Gasteiger partial charge in [-0.05, 0) is 31.7 Å². The van der Waals surface area contributed by atoms with Crippen LogP contribution in [0.5, 0.6) is 0 Å². The fourth-order valence-electron chi connectivity index (χ4n) is 2.69. The first-order chi connectivity index (χ1) is 9.41. The lowest BCUT2D eigenvalue weighted by Crippen LogP contribution is -2.50. The predicted octanol–water partition coefficient (Wildman–Crippen LogP) is 1.99. The zero-order valence-corrected chi connectivity index (χ0v) is 11.4. The Morgan fingerprint density at radius 1 is 1.55 bits per heavy atom. The number of piperidine rings is 1. The molecule has 0 spiro atoms. The molecule has 7 heteroatoms. The van der Waals surface area contributed by atoms with E-state index in [0.717, 1.165) is 12.8 Å². The molecule has 2 atom stereocenters. The van der Waals surface area contributed by atoms with E-state index in [2.05, 4.69) is 4.98 Å². The lowest BCUT2D eigenvalue weighted by atomic mass is 9.90. The van der Waals surface area contributed by atoms with Crippen LogP contribution in [0.1, 0.15) is 25.5 Å². The molecule has 1 aliphatic rings. The van der Waals surface area contributed by atoms with Gasteiger partial charge in [0, 0.05) is 18.3 Å². The predicted molar refractivity (Wildman–Crippen MR) is 72.8 cm³/mol. The molecule has 20 heavy (non-hydrogen) atoms. The van der Waals surface area contributed by atoms with Crippen LogP contribution in [0.25, 0.3) is 0 Å². The Kier molecular flexibility index (Phi) is 3.87. The van der Waals surface area contributed by atoms with Gasteiger partial charge < -0.3 is 10.0 Å². The maximum atomic E-state index is 11.5. The molecule has 0 radical (unpaired) electrons. The summed E-state index contributed by atoms with van der Waals surface area (Å²) in [5.74, 6) is -0.869. The van der Waals surface area contributed by atoms with E-state index in [1.165, 1.54) is 6.07 Å². The summed E-state index contributed by atoms with van der Waals surface area (Å²) in [6.07, 6.45) is 1.60. The number of carbonyl (C=O) groups is 1. The summed E-state index contributed by atoms with van der Waals surface area (Å²) in [4.78, 5) is 27.8. The number of carboxylic acids is 1. The molecular formula is C13H17N3O4. The Morgan fingerprint density at radius 3 is 2.85 bits per heavy atom. The van der Waals surface area contributed by atoms with Crippen molar-refractivity contribution >= 4 is 17.5 Å². The second-order valence-corrected chi connectivity index (χ2v) is 5.15. The van der Waals surface area contributed by atoms with Gasteiger partial charge in [0.2, 0.25) is 5.82 Å². The number of nitro groups is 1. The van der Waals surface area contributed by atoms with Gasteiger partial charge in [-0.25, -0.2) is 9.78 Å². The highest BCUT2D eigenvalue weighted by atomic mass is 16.6. The normalized spacial score (nSPS) is 22.6. The van der Waals surface area contributed by atoms with Crippen molar-refractivity contribution in [3.05, 3.63) is 27.9 Å². The first kappa shape index (κ1) is 14.2. The van der Waals surface area contributed by atoms with Gasteiger partial charge in [0.15, 0.2) is 0 Å². The standard InChI is InChI=1S/C13H17N3O4/c1-8-4-3-7-15(11(8)13(17)18)12-10(16(19)20)6-5-9(2)14-12/h5-6,8,11H,3-4,7H2,1-2H3,(H,17,18). The Morgan fingerprint density at radius 2 is 2.25 bits per heavy atom. The quantitative estimate of drug-likeness (QED) is 0.671. The van der Waals surface area contributed by atoms with E-state index in [0.29, 0.717) is 12.2 Å². The maximum absolute atomic E-state index is 11.5. The van der Waals surface area contributed by atoms with Crippen LogP contribution in [-0.2, 0) is 4.79 Å². The van der Waals surface area contributed by atoms with Crippen LogP contribution >= 0.6 is 0 Å². The number of aliphatic carboxylic acids is 1. The maximum Gasteiger partial charge on any atom is 0.326 e. The minimum atomic E-state index is -0.963. The van der Waals surface area contributed by atoms with Gasteiger partial charge >= 0.3 is 11.7 Å². The van der Waals surface area contributed by atoms with Crippen LogP contribution in [0.4, 0.5) is 11.5 Å². The van der Waals surface area contributed by atoms with Crippen LogP contribution in [0.2, 0.25) is 0 Å². The van der Waals surface area contributed by atoms with E-state index in [1.807, 2.05) is 6.92 Å². The molecule has 0 bridgehead atoms. The largest absolute Gasteiger partial charge is 0.480 e. The van der Waals surface area contributed by atoms with Gasteiger partial charge in [-0.2, -0.15) is 0 Å². The van der Waals surface area contributed by atoms with Crippen LogP contribution in [0.15, 0.2) is 12.1 Å². The number of hydrogen-bond donors (Lipinski definition) is 1. The summed E-state index contributed by atoms with van der Waals surface area (Å²) >= 11 is 0. The first-order valence-corrected chi connectivity index (χ1v) is 6.53. The molecule has 1 aliphatic heterocycles. The van der Waals surface area contributed by atoms with Crippen molar-refractivity contribution in [2.75, 3.05) is 11.4 Å². The summed E-state index contributed by atoms with van der Waals surface area (Å²) < 4.78 is 0. The van der Waals surface area contributed by atoms with Crippen molar-refractivity contribution in [3.8, 4) is 0 Å². The fourth-order valence-corrected chi connectivity index (χ4v) is 2.69. The van der Waals surface area contributed by atoms with Gasteiger partial charge in [-0.1, -0.05) is 6.92 Å². The molecular weight excluding hydrogens is 262 g/mol. The van der Waals surface area contributed by atoms with Crippen molar-refractivity contribution < 1.29 is 14.8 Å². The van der Waals surface area contributed by atoms with Crippen molar-refractivity contribution in [1.29, 1.82) is 0 Å². The van der Waals surface area contributed by atoms with Crippen LogP contribution < -0.4 is 4.90 Å². The smallest absolute Gasteiger partial charge is 0.326 e. The molecule has 0 aromatic carbocycles. The van der Waals surface area contributed by atoms with E-state index in [1.54, 1.807) is 17.9 Å². The SMILES string of the molecule is Cc1ccc([N+](=O)[O-])c(N2CCCC(C)C2C(=O)O)n1. The molecule has 1 N–H and O–H groups in total. The summed E-state index contributed by atoms with van der Waals surface area (Å²) in [6.45, 7) is 4.06. The zero-order valence-electron chi connectivity index (χ0n) is 11.4. The van der Waals surface area contributed by atoms with Gasteiger partial charge in [-0.15, -0.1) is 0 Å². The lowest BCUT2D eigenvalue weighted by Gasteiger charge is -2.37. The zero-order chi connectivity index (χ0) is 14.9. The fraction of sp³-hybridized carbons (Fsp3) is 0.538. The van der Waals surface area contributed by atoms with Crippen molar-refractivity contribution in [2.24, 2.45) is 5.92 Å². The van der Waals surface area contributed by atoms with Gasteiger partial charge in [0.25, 0.3) is 0 Å². The average molecular weight is 279 g/mol. The summed E-state index contributed by atoms with van der Waals surface area (Å²) in [5, 5.41) is 20.5. The molecule has 2 rings (SSSR count). The van der Waals surface area contributed by atoms with E-state index >= 15 is 0 Å². The highest BCUT2D eigenvalue weighted by molar-refractivity contribution is 5.79. The topological polar surface area (TPSA) is 96.6 Å². The third kappa shape index (κ3) is 2.56. The number of carboxylic acid groups (broad SMARTS) is 1. The first-order valence-electron chi connectivity index (χ1n) is 6.53. The van der Waals surface area contributed by atoms with E-state index in [-0.39, 0.29) is 17.4 Å². The number of aromatic nitrogens is 1. The summed E-state index contributed by atoms with van der Waals surface area (Å²) in [6, 6.07) is 2.18. The average Bonchev–Trinajstić information content (AvgIpc) is 2.37. The van der Waals surface area contributed by atoms with Crippen LogP contribution in [0.3, 0.4) is 0 Å². The highest BCUT2D eigenvalue weighted by Crippen LogP contribution is 2.33. The number of pyridine rings is 1. The third-order valence-corrected chi connectivity index (χ3v) is 3.65. The number of rotatable bonds is 3. The number of hydrogen-bond acceptors (Lipinski definition) is 5. The Hall–Kier alpha value is -2.18. The molecule has 1 aromatic heterocycles. The molecule has 1 saturated heterocycles. The lowest BCUT2D eigenvalue weighted by molar-refractivity contribution is -0.384. The molecule has 0 aliphatic carbocycles. The van der Waals surface area contributed by atoms with E-state index in [9.17, 15) is 20.0 Å². The number of nitrogens with zero attached hydrogens (tertiary/aromatic N) is 3. The number of aryl methyl sites for hydroxylation is 1. The molecule has 108 valence electrons. The third-order valence-electron chi connectivity index (χ3n) is 3.65. The Bertz CT molecular complexity index is 546. The molecule has 2 unspecified atom stereocenters. The van der Waals surface area contributed by atoms with E-state index in [4.69, 9.17) is 0 Å². The van der Waals surface area contributed by atoms with Crippen LogP contribution in [-0.4, -0.2) is 33.6 Å². The summed E-state index contributed by atoms with van der Waals surface area (Å²) in [5.41, 5.74) is 0.490. The second kappa shape index (κ2) is 5.44.